The quantitative estimate of drug-likeness (QED) is 0.386. The van der Waals surface area contributed by atoms with Crippen LogP contribution in [-0.2, 0) is 11.2 Å². The Morgan fingerprint density at radius 2 is 1.75 bits per heavy atom. The molecule has 6 heteroatoms. The van der Waals surface area contributed by atoms with Gasteiger partial charge >= 0.3 is 5.97 Å². The summed E-state index contributed by atoms with van der Waals surface area (Å²) in [6.07, 6.45) is 1.82. The number of nitrogens with zero attached hydrogens (tertiary/aromatic N) is 2. The zero-order chi connectivity index (χ0) is 22.3. The van der Waals surface area contributed by atoms with Crippen LogP contribution < -0.4 is 0 Å². The Labute approximate surface area is 186 Å². The molecule has 0 aliphatic rings. The smallest absolute Gasteiger partial charge is 0.356 e. The second-order valence-electron chi connectivity index (χ2n) is 7.31. The van der Waals surface area contributed by atoms with E-state index in [2.05, 4.69) is 46.4 Å². The molecule has 0 bridgehead atoms. The van der Waals surface area contributed by atoms with Crippen LogP contribution in [0.4, 0.5) is 0 Å². The maximum absolute atomic E-state index is 11.9. The van der Waals surface area contributed by atoms with Gasteiger partial charge in [0.05, 0.1) is 12.8 Å². The monoisotopic (exact) mass is 428 g/mol. The number of aliphatic hydroxyl groups is 1. The van der Waals surface area contributed by atoms with E-state index in [1.807, 2.05) is 18.2 Å². The van der Waals surface area contributed by atoms with Crippen molar-refractivity contribution in [1.29, 1.82) is 0 Å². The number of aliphatic hydroxyl groups excluding tert-OH is 1. The van der Waals surface area contributed by atoms with E-state index in [9.17, 15) is 9.90 Å². The van der Waals surface area contributed by atoms with Gasteiger partial charge in [0, 0.05) is 0 Å². The molecule has 0 amide bonds. The molecule has 0 saturated carbocycles. The van der Waals surface area contributed by atoms with Crippen LogP contribution in [-0.4, -0.2) is 27.7 Å². The van der Waals surface area contributed by atoms with E-state index in [-0.39, 0.29) is 18.2 Å². The van der Waals surface area contributed by atoms with E-state index in [0.29, 0.717) is 24.3 Å². The normalized spacial score (nSPS) is 11.8. The number of aryl methyl sites for hydroxylation is 1. The zero-order valence-electron chi connectivity index (χ0n) is 17.8. The highest BCUT2D eigenvalue weighted by Crippen LogP contribution is 2.25. The molecule has 0 aliphatic carbocycles. The molecule has 4 aromatic rings. The summed E-state index contributed by atoms with van der Waals surface area (Å²) in [5.41, 5.74) is 4.11. The molecule has 4 rings (SSSR count). The first-order chi connectivity index (χ1) is 15.6. The van der Waals surface area contributed by atoms with Crippen molar-refractivity contribution in [3.05, 3.63) is 96.1 Å². The number of ether oxygens (including phenoxy) is 1. The topological polar surface area (TPSA) is 85.5 Å². The minimum absolute atomic E-state index is 0.196. The average Bonchev–Trinajstić information content (AvgIpc) is 3.34. The summed E-state index contributed by atoms with van der Waals surface area (Å²) in [4.78, 5) is 20.4. The summed E-state index contributed by atoms with van der Waals surface area (Å²) in [6, 6.07) is 23.5. The van der Waals surface area contributed by atoms with Gasteiger partial charge < -0.3 is 14.3 Å². The van der Waals surface area contributed by atoms with E-state index in [4.69, 9.17) is 9.15 Å². The lowest BCUT2D eigenvalue weighted by atomic mass is 10.0. The Bertz CT molecular complexity index is 1170. The molecule has 2 heterocycles. The number of carbonyl (C=O) groups excluding carboxylic acids is 1. The number of oxazole rings is 1. The molecule has 162 valence electrons. The van der Waals surface area contributed by atoms with Gasteiger partial charge in [0.1, 0.15) is 17.5 Å². The van der Waals surface area contributed by atoms with Crippen molar-refractivity contribution in [2.45, 2.75) is 25.9 Å². The first kappa shape index (κ1) is 21.5. The molecular weight excluding hydrogens is 404 g/mol. The van der Waals surface area contributed by atoms with Gasteiger partial charge in [-0.15, -0.1) is 0 Å². The summed E-state index contributed by atoms with van der Waals surface area (Å²) >= 11 is 0. The van der Waals surface area contributed by atoms with Gasteiger partial charge in [-0.25, -0.2) is 14.8 Å². The predicted molar refractivity (Wildman–Crippen MR) is 121 cm³/mol. The van der Waals surface area contributed by atoms with Crippen LogP contribution in [0.15, 0.2) is 83.4 Å². The van der Waals surface area contributed by atoms with E-state index in [1.165, 1.54) is 11.8 Å². The Hall–Kier alpha value is -3.77. The lowest BCUT2D eigenvalue weighted by Gasteiger charge is -2.08. The molecule has 6 nitrogen and oxygen atoms in total. The van der Waals surface area contributed by atoms with E-state index in [1.54, 1.807) is 25.1 Å². The molecule has 0 radical (unpaired) electrons. The number of aromatic nitrogens is 2. The third kappa shape index (κ3) is 5.10. The first-order valence-corrected chi connectivity index (χ1v) is 10.6. The molecule has 0 saturated heterocycles. The van der Waals surface area contributed by atoms with Crippen molar-refractivity contribution < 1.29 is 19.1 Å². The maximum Gasteiger partial charge on any atom is 0.356 e. The van der Waals surface area contributed by atoms with Crippen LogP contribution in [0.3, 0.4) is 0 Å². The molecule has 0 fully saturated rings. The average molecular weight is 428 g/mol. The Morgan fingerprint density at radius 3 is 2.50 bits per heavy atom. The van der Waals surface area contributed by atoms with Crippen molar-refractivity contribution >= 4 is 5.97 Å². The van der Waals surface area contributed by atoms with Crippen LogP contribution in [0.25, 0.3) is 22.6 Å². The number of carbonyl (C=O) groups is 1. The van der Waals surface area contributed by atoms with Crippen molar-refractivity contribution in [2.75, 3.05) is 6.61 Å². The molecule has 0 spiro atoms. The minimum Gasteiger partial charge on any atom is -0.461 e. The maximum atomic E-state index is 11.9. The van der Waals surface area contributed by atoms with Gasteiger partial charge in [0.25, 0.3) is 0 Å². The standard InChI is InChI=1S/C26H24N2O4/c1-2-31-26(30)22-10-6-9-21(28-22)24-17-27-25(32-24)23(29)16-13-18-11-14-20(15-12-18)19-7-4-3-5-8-19/h3-12,14-15,17,23,29H,2,13,16H2,1H3. The summed E-state index contributed by atoms with van der Waals surface area (Å²) in [6.45, 7) is 2.02. The summed E-state index contributed by atoms with van der Waals surface area (Å²) in [5, 5.41) is 10.5. The number of benzene rings is 2. The van der Waals surface area contributed by atoms with Gasteiger partial charge in [-0.2, -0.15) is 0 Å². The number of hydrogen-bond donors (Lipinski definition) is 1. The number of esters is 1. The van der Waals surface area contributed by atoms with Crippen LogP contribution in [0.5, 0.6) is 0 Å². The molecule has 1 unspecified atom stereocenters. The molecule has 0 aliphatic heterocycles. The Morgan fingerprint density at radius 1 is 1.00 bits per heavy atom. The Kier molecular flexibility index (Phi) is 6.72. The third-order valence-corrected chi connectivity index (χ3v) is 5.06. The fourth-order valence-electron chi connectivity index (χ4n) is 3.37. The van der Waals surface area contributed by atoms with Gasteiger partial charge in [-0.1, -0.05) is 60.7 Å². The number of hydrogen-bond acceptors (Lipinski definition) is 6. The zero-order valence-corrected chi connectivity index (χ0v) is 17.8. The van der Waals surface area contributed by atoms with E-state index in [0.717, 1.165) is 11.1 Å². The fraction of sp³-hybridized carbons (Fsp3) is 0.192. The summed E-state index contributed by atoms with van der Waals surface area (Å²) in [7, 11) is 0. The lowest BCUT2D eigenvalue weighted by molar-refractivity contribution is 0.0519. The van der Waals surface area contributed by atoms with Gasteiger partial charge in [0.2, 0.25) is 5.89 Å². The van der Waals surface area contributed by atoms with Crippen LogP contribution in [0.1, 0.15) is 41.4 Å². The van der Waals surface area contributed by atoms with Gasteiger partial charge in [-0.3, -0.25) is 0 Å². The summed E-state index contributed by atoms with van der Waals surface area (Å²) in [5.74, 6) is 0.120. The predicted octanol–water partition coefficient (Wildman–Crippen LogP) is 5.25. The number of rotatable bonds is 8. The van der Waals surface area contributed by atoms with Crippen LogP contribution >= 0.6 is 0 Å². The lowest BCUT2D eigenvalue weighted by Crippen LogP contribution is -2.07. The van der Waals surface area contributed by atoms with Gasteiger partial charge in [0.15, 0.2) is 5.76 Å². The van der Waals surface area contributed by atoms with Crippen molar-refractivity contribution in [1.82, 2.24) is 9.97 Å². The molecule has 2 aromatic heterocycles. The second-order valence-corrected chi connectivity index (χ2v) is 7.31. The first-order valence-electron chi connectivity index (χ1n) is 10.6. The third-order valence-electron chi connectivity index (χ3n) is 5.06. The van der Waals surface area contributed by atoms with Crippen molar-refractivity contribution in [3.8, 4) is 22.6 Å². The SMILES string of the molecule is CCOC(=O)c1cccc(-c2cnc(C(O)CCc3ccc(-c4ccccc4)cc3)o2)n1. The Balaban J connectivity index is 1.38. The van der Waals surface area contributed by atoms with Crippen molar-refractivity contribution in [2.24, 2.45) is 0 Å². The second kappa shape index (κ2) is 10.0. The summed E-state index contributed by atoms with van der Waals surface area (Å²) < 4.78 is 10.7. The molecule has 2 aromatic carbocycles. The highest BCUT2D eigenvalue weighted by Gasteiger charge is 2.17. The van der Waals surface area contributed by atoms with Crippen molar-refractivity contribution in [3.63, 3.8) is 0 Å². The molecular formula is C26H24N2O4. The van der Waals surface area contributed by atoms with E-state index < -0.39 is 12.1 Å². The highest BCUT2D eigenvalue weighted by molar-refractivity contribution is 5.87. The van der Waals surface area contributed by atoms with Crippen LogP contribution in [0.2, 0.25) is 0 Å². The molecule has 1 N–H and O–H groups in total. The molecule has 32 heavy (non-hydrogen) atoms. The fourth-order valence-corrected chi connectivity index (χ4v) is 3.37. The molecule has 1 atom stereocenters. The van der Waals surface area contributed by atoms with E-state index >= 15 is 0 Å². The highest BCUT2D eigenvalue weighted by atomic mass is 16.5. The number of pyridine rings is 1. The van der Waals surface area contributed by atoms with Gasteiger partial charge in [-0.05, 0) is 48.6 Å². The van der Waals surface area contributed by atoms with Crippen LogP contribution in [0, 0.1) is 0 Å². The minimum atomic E-state index is -0.842. The largest absolute Gasteiger partial charge is 0.461 e.